The number of Topliss-reactive ketones (excluding diaryl/α,β-unsaturated/α-hetero) is 1. The maximum absolute atomic E-state index is 13.7. The molecule has 0 N–H and O–H groups in total. The number of ether oxygens (including phenoxy) is 3. The van der Waals surface area contributed by atoms with E-state index in [4.69, 9.17) is 14.2 Å². The molecule has 2 aliphatic rings. The van der Waals surface area contributed by atoms with Crippen molar-refractivity contribution in [3.63, 3.8) is 0 Å². The van der Waals surface area contributed by atoms with Crippen molar-refractivity contribution < 1.29 is 19.0 Å². The van der Waals surface area contributed by atoms with E-state index >= 15 is 0 Å². The lowest BCUT2D eigenvalue weighted by atomic mass is 9.67. The molecule has 2 aromatic rings. The van der Waals surface area contributed by atoms with Gasteiger partial charge in [-0.25, -0.2) is 0 Å². The molecule has 1 atom stereocenters. The SMILES string of the molecule is CC1=C(c2ccc(Br)cc2C)C(=O)c2cc(OCC3COC(C)(C)O3)ccc2C1(C)C. The molecule has 0 aromatic heterocycles. The molecule has 2 aromatic carbocycles. The fraction of sp³-hybridized carbons (Fsp3) is 0.423. The molecule has 0 saturated carbocycles. The quantitative estimate of drug-likeness (QED) is 0.515. The Balaban J connectivity index is 1.67. The van der Waals surface area contributed by atoms with Crippen LogP contribution < -0.4 is 4.74 Å². The summed E-state index contributed by atoms with van der Waals surface area (Å²) in [7, 11) is 0. The monoisotopic (exact) mass is 484 g/mol. The molecule has 164 valence electrons. The Morgan fingerprint density at radius 2 is 1.81 bits per heavy atom. The Morgan fingerprint density at radius 3 is 2.45 bits per heavy atom. The first-order valence-electron chi connectivity index (χ1n) is 10.6. The fourth-order valence-corrected chi connectivity index (χ4v) is 4.91. The second kappa shape index (κ2) is 7.88. The summed E-state index contributed by atoms with van der Waals surface area (Å²) in [5, 5.41) is 0. The Kier molecular flexibility index (Phi) is 5.65. The van der Waals surface area contributed by atoms with Gasteiger partial charge in [0.1, 0.15) is 18.5 Å². The highest BCUT2D eigenvalue weighted by atomic mass is 79.9. The lowest BCUT2D eigenvalue weighted by molar-refractivity contribution is -0.141. The van der Waals surface area contributed by atoms with Crippen molar-refractivity contribution in [3.05, 3.63) is 68.7 Å². The van der Waals surface area contributed by atoms with E-state index < -0.39 is 5.79 Å². The van der Waals surface area contributed by atoms with E-state index in [1.165, 1.54) is 0 Å². The first kappa shape index (κ1) is 22.3. The van der Waals surface area contributed by atoms with Crippen molar-refractivity contribution in [2.45, 2.75) is 58.8 Å². The Labute approximate surface area is 192 Å². The first-order valence-corrected chi connectivity index (χ1v) is 11.4. The first-order chi connectivity index (χ1) is 14.5. The van der Waals surface area contributed by atoms with Crippen LogP contribution in [0, 0.1) is 6.92 Å². The van der Waals surface area contributed by atoms with Crippen LogP contribution in [0.3, 0.4) is 0 Å². The molecule has 0 bridgehead atoms. The molecular formula is C26H29BrO4. The Hall–Kier alpha value is -1.95. The van der Waals surface area contributed by atoms with Crippen molar-refractivity contribution in [3.8, 4) is 5.75 Å². The average Bonchev–Trinajstić information content (AvgIpc) is 3.05. The number of carbonyl (C=O) groups excluding carboxylic acids is 1. The third-order valence-corrected chi connectivity index (χ3v) is 6.90. The highest BCUT2D eigenvalue weighted by molar-refractivity contribution is 9.10. The standard InChI is InChI=1S/C26H29BrO4/c1-15-11-17(27)7-9-20(15)23-16(2)25(3,4)22-10-8-18(12-21(22)24(23)28)29-13-19-14-30-26(5,6)31-19/h7-12,19H,13-14H2,1-6H3. The number of hydrogen-bond acceptors (Lipinski definition) is 4. The number of benzene rings is 2. The molecule has 0 amide bonds. The van der Waals surface area contributed by atoms with Crippen LogP contribution in [0.15, 0.2) is 46.4 Å². The summed E-state index contributed by atoms with van der Waals surface area (Å²) in [5.41, 5.74) is 5.40. The van der Waals surface area contributed by atoms with Gasteiger partial charge in [0, 0.05) is 21.0 Å². The molecular weight excluding hydrogens is 456 g/mol. The van der Waals surface area contributed by atoms with E-state index in [-0.39, 0.29) is 17.3 Å². The number of carbonyl (C=O) groups is 1. The topological polar surface area (TPSA) is 44.8 Å². The Bertz CT molecular complexity index is 1080. The molecule has 4 rings (SSSR count). The van der Waals surface area contributed by atoms with Gasteiger partial charge in [0.15, 0.2) is 11.6 Å². The predicted molar refractivity (Wildman–Crippen MR) is 126 cm³/mol. The fourth-order valence-electron chi connectivity index (χ4n) is 4.43. The summed E-state index contributed by atoms with van der Waals surface area (Å²) in [6.07, 6.45) is -0.124. The molecule has 1 heterocycles. The van der Waals surface area contributed by atoms with Crippen molar-refractivity contribution >= 4 is 27.3 Å². The van der Waals surface area contributed by atoms with Gasteiger partial charge in [-0.2, -0.15) is 0 Å². The normalized spacial score (nSPS) is 21.9. The third kappa shape index (κ3) is 4.11. The molecule has 1 unspecified atom stereocenters. The number of aryl methyl sites for hydroxylation is 1. The Morgan fingerprint density at radius 1 is 1.06 bits per heavy atom. The molecule has 1 saturated heterocycles. The van der Waals surface area contributed by atoms with Crippen molar-refractivity contribution in [1.29, 1.82) is 0 Å². The summed E-state index contributed by atoms with van der Waals surface area (Å²) in [4.78, 5) is 13.7. The number of ketones is 1. The molecule has 0 spiro atoms. The summed E-state index contributed by atoms with van der Waals surface area (Å²) in [5.74, 6) is 0.135. The number of allylic oxidation sites excluding steroid dienone is 2. The minimum absolute atomic E-state index is 0.0456. The van der Waals surface area contributed by atoms with E-state index in [0.29, 0.717) is 24.5 Å². The van der Waals surface area contributed by atoms with Crippen LogP contribution >= 0.6 is 15.9 Å². The van der Waals surface area contributed by atoms with Gasteiger partial charge in [-0.1, -0.05) is 47.5 Å². The molecule has 5 heteroatoms. The predicted octanol–water partition coefficient (Wildman–Crippen LogP) is 6.24. The minimum Gasteiger partial charge on any atom is -0.491 e. The summed E-state index contributed by atoms with van der Waals surface area (Å²) >= 11 is 3.52. The number of fused-ring (bicyclic) bond motifs is 1. The second-order valence-corrected chi connectivity index (χ2v) is 10.3. The molecule has 0 radical (unpaired) electrons. The van der Waals surface area contributed by atoms with Gasteiger partial charge in [0.2, 0.25) is 0 Å². The van der Waals surface area contributed by atoms with Crippen LogP contribution in [0.25, 0.3) is 5.57 Å². The van der Waals surface area contributed by atoms with E-state index in [2.05, 4.69) is 42.8 Å². The second-order valence-electron chi connectivity index (χ2n) is 9.38. The summed E-state index contributed by atoms with van der Waals surface area (Å²) in [6, 6.07) is 11.9. The smallest absolute Gasteiger partial charge is 0.194 e. The third-order valence-electron chi connectivity index (χ3n) is 6.41. The highest BCUT2D eigenvalue weighted by Gasteiger charge is 2.38. The maximum Gasteiger partial charge on any atom is 0.194 e. The number of hydrogen-bond donors (Lipinski definition) is 0. The van der Waals surface area contributed by atoms with E-state index in [1.807, 2.05) is 51.1 Å². The number of halogens is 1. The van der Waals surface area contributed by atoms with Crippen LogP contribution in [-0.2, 0) is 14.9 Å². The van der Waals surface area contributed by atoms with Gasteiger partial charge < -0.3 is 14.2 Å². The van der Waals surface area contributed by atoms with E-state index in [1.54, 1.807) is 0 Å². The van der Waals surface area contributed by atoms with Crippen molar-refractivity contribution in [1.82, 2.24) is 0 Å². The van der Waals surface area contributed by atoms with Crippen LogP contribution in [0.5, 0.6) is 5.75 Å². The molecule has 1 fully saturated rings. The van der Waals surface area contributed by atoms with Crippen molar-refractivity contribution in [2.75, 3.05) is 13.2 Å². The lowest BCUT2D eigenvalue weighted by Gasteiger charge is -2.35. The highest BCUT2D eigenvalue weighted by Crippen LogP contribution is 2.45. The lowest BCUT2D eigenvalue weighted by Crippen LogP contribution is -2.30. The summed E-state index contributed by atoms with van der Waals surface area (Å²) in [6.45, 7) is 13.1. The van der Waals surface area contributed by atoms with Gasteiger partial charge in [-0.15, -0.1) is 0 Å². The maximum atomic E-state index is 13.7. The van der Waals surface area contributed by atoms with Gasteiger partial charge >= 0.3 is 0 Å². The van der Waals surface area contributed by atoms with Crippen LogP contribution in [-0.4, -0.2) is 30.9 Å². The van der Waals surface area contributed by atoms with Crippen LogP contribution in [0.4, 0.5) is 0 Å². The van der Waals surface area contributed by atoms with E-state index in [9.17, 15) is 4.79 Å². The summed E-state index contributed by atoms with van der Waals surface area (Å²) < 4.78 is 18.4. The van der Waals surface area contributed by atoms with Crippen molar-refractivity contribution in [2.24, 2.45) is 0 Å². The molecule has 1 aliphatic heterocycles. The molecule has 1 aliphatic carbocycles. The largest absolute Gasteiger partial charge is 0.491 e. The van der Waals surface area contributed by atoms with Gasteiger partial charge in [-0.3, -0.25) is 4.79 Å². The molecule has 4 nitrogen and oxygen atoms in total. The van der Waals surface area contributed by atoms with Gasteiger partial charge in [0.25, 0.3) is 0 Å². The van der Waals surface area contributed by atoms with Crippen LogP contribution in [0.2, 0.25) is 0 Å². The molecule has 31 heavy (non-hydrogen) atoms. The van der Waals surface area contributed by atoms with Gasteiger partial charge in [0.05, 0.1) is 6.61 Å². The van der Waals surface area contributed by atoms with Gasteiger partial charge in [-0.05, 0) is 68.7 Å². The number of rotatable bonds is 4. The van der Waals surface area contributed by atoms with Crippen LogP contribution in [0.1, 0.15) is 61.7 Å². The zero-order valence-corrected chi connectivity index (χ0v) is 20.6. The minimum atomic E-state index is -0.580. The zero-order valence-electron chi connectivity index (χ0n) is 19.0. The average molecular weight is 485 g/mol. The zero-order chi connectivity index (χ0) is 22.6. The van der Waals surface area contributed by atoms with E-state index in [0.717, 1.165) is 32.3 Å².